The summed E-state index contributed by atoms with van der Waals surface area (Å²) in [6.45, 7) is 11.4. The number of carbonyl (C=O) groups is 5. The topological polar surface area (TPSA) is 154 Å². The van der Waals surface area contributed by atoms with Gasteiger partial charge < -0.3 is 34.1 Å². The number of piperazine rings is 1. The molecule has 0 saturated carbocycles. The Hall–Kier alpha value is -5.20. The number of aromatic nitrogens is 1. The molecule has 49 heavy (non-hydrogen) atoms. The van der Waals surface area contributed by atoms with Gasteiger partial charge in [-0.25, -0.2) is 14.6 Å². The molecule has 2 atom stereocenters. The summed E-state index contributed by atoms with van der Waals surface area (Å²) in [6.07, 6.45) is -1.93. The predicted octanol–water partition coefficient (Wildman–Crippen LogP) is 4.18. The molecule has 1 aromatic heterocycles. The van der Waals surface area contributed by atoms with Crippen molar-refractivity contribution >= 4 is 40.7 Å². The number of pyridine rings is 1. The van der Waals surface area contributed by atoms with Crippen molar-refractivity contribution < 1.29 is 42.9 Å². The van der Waals surface area contributed by atoms with Crippen LogP contribution in [0.4, 0.5) is 4.79 Å². The van der Waals surface area contributed by atoms with Gasteiger partial charge in [0.1, 0.15) is 29.7 Å². The molecule has 13 nitrogen and oxygen atoms in total. The van der Waals surface area contributed by atoms with Crippen LogP contribution >= 0.6 is 0 Å². The molecule has 2 heterocycles. The van der Waals surface area contributed by atoms with Crippen LogP contribution in [-0.4, -0.2) is 95.2 Å². The van der Waals surface area contributed by atoms with Crippen LogP contribution in [-0.2, 0) is 35.2 Å². The maximum absolute atomic E-state index is 13.8. The van der Waals surface area contributed by atoms with Gasteiger partial charge in [0.2, 0.25) is 5.91 Å². The Bertz CT molecular complexity index is 1660. The van der Waals surface area contributed by atoms with E-state index in [0.717, 1.165) is 11.1 Å². The highest BCUT2D eigenvalue weighted by Crippen LogP contribution is 2.28. The normalized spacial score (nSPS) is 14.4. The zero-order valence-electron chi connectivity index (χ0n) is 28.8. The predicted molar refractivity (Wildman–Crippen MR) is 180 cm³/mol. The smallest absolute Gasteiger partial charge is 0.409 e. The number of fused-ring (bicyclic) bond motifs is 1. The van der Waals surface area contributed by atoms with Gasteiger partial charge >= 0.3 is 18.0 Å². The van der Waals surface area contributed by atoms with E-state index in [1.807, 2.05) is 43.3 Å². The largest absolute Gasteiger partial charge is 0.478 e. The Labute approximate surface area is 285 Å². The molecular formula is C36H44N4O9. The van der Waals surface area contributed by atoms with Crippen molar-refractivity contribution in [3.05, 3.63) is 71.4 Å². The van der Waals surface area contributed by atoms with E-state index in [0.29, 0.717) is 10.9 Å². The lowest BCUT2D eigenvalue weighted by Gasteiger charge is -2.36. The van der Waals surface area contributed by atoms with E-state index < -0.39 is 54.0 Å². The molecule has 1 N–H and O–H groups in total. The van der Waals surface area contributed by atoms with Crippen LogP contribution in [0, 0.1) is 6.92 Å². The summed E-state index contributed by atoms with van der Waals surface area (Å²) in [7, 11) is 0. The quantitative estimate of drug-likeness (QED) is 0.231. The van der Waals surface area contributed by atoms with Gasteiger partial charge in [0, 0.05) is 37.6 Å². The first-order valence-corrected chi connectivity index (χ1v) is 16.3. The molecule has 1 saturated heterocycles. The minimum Gasteiger partial charge on any atom is -0.478 e. The first-order chi connectivity index (χ1) is 23.2. The summed E-state index contributed by atoms with van der Waals surface area (Å²) >= 11 is 0. The van der Waals surface area contributed by atoms with Gasteiger partial charge in [-0.2, -0.15) is 0 Å². The summed E-state index contributed by atoms with van der Waals surface area (Å²) in [5, 5.41) is 3.24. The molecule has 3 aromatic rings. The van der Waals surface area contributed by atoms with Crippen molar-refractivity contribution in [1.29, 1.82) is 0 Å². The third-order valence-corrected chi connectivity index (χ3v) is 7.53. The van der Waals surface area contributed by atoms with Crippen LogP contribution in [0.3, 0.4) is 0 Å². The first-order valence-electron chi connectivity index (χ1n) is 16.3. The fourth-order valence-corrected chi connectivity index (χ4v) is 5.13. The van der Waals surface area contributed by atoms with Gasteiger partial charge in [-0.1, -0.05) is 36.4 Å². The molecule has 0 spiro atoms. The maximum Gasteiger partial charge on any atom is 0.409 e. The Kier molecular flexibility index (Phi) is 12.2. The maximum atomic E-state index is 13.8. The second kappa shape index (κ2) is 16.3. The van der Waals surface area contributed by atoms with Gasteiger partial charge in [0.25, 0.3) is 5.91 Å². The standard InChI is InChI=1S/C36H44N4O9/c1-7-46-35(45)40-17-15-39(16-18-40)33(43)29(21-31(41)49-36(4,5)6)38-32(42)28-20-30(26-14-13-23(2)19-27(26)37-28)48-24(3)34(44)47-22-25-11-9-8-10-12-25/h8-14,19-20,24,29H,7,15-18,21-22H2,1-6H3,(H,38,42)/t24-,29?/m0/s1. The number of ether oxygens (including phenoxy) is 4. The molecule has 4 rings (SSSR count). The number of esters is 2. The lowest BCUT2D eigenvalue weighted by Crippen LogP contribution is -2.56. The van der Waals surface area contributed by atoms with Crippen molar-refractivity contribution in [2.24, 2.45) is 0 Å². The molecule has 1 aliphatic rings. The second-order valence-corrected chi connectivity index (χ2v) is 12.7. The highest BCUT2D eigenvalue weighted by molar-refractivity contribution is 6.00. The number of amides is 3. The van der Waals surface area contributed by atoms with Crippen LogP contribution in [0.15, 0.2) is 54.6 Å². The molecule has 2 aromatic carbocycles. The third kappa shape index (κ3) is 10.4. The second-order valence-electron chi connectivity index (χ2n) is 12.7. The SMILES string of the molecule is CCOC(=O)N1CCN(C(=O)C(CC(=O)OC(C)(C)C)NC(=O)c2cc(O[C@@H](C)C(=O)OCc3ccccc3)c3ccc(C)cc3n2)CC1. The van der Waals surface area contributed by atoms with E-state index in [-0.39, 0.29) is 50.8 Å². The molecule has 1 fully saturated rings. The zero-order chi connectivity index (χ0) is 35.7. The van der Waals surface area contributed by atoms with Crippen molar-refractivity contribution in [3.63, 3.8) is 0 Å². The average Bonchev–Trinajstić information content (AvgIpc) is 3.06. The van der Waals surface area contributed by atoms with E-state index in [2.05, 4.69) is 10.3 Å². The molecule has 0 aliphatic carbocycles. The average molecular weight is 677 g/mol. The summed E-state index contributed by atoms with van der Waals surface area (Å²) in [5.41, 5.74) is 1.22. The van der Waals surface area contributed by atoms with E-state index >= 15 is 0 Å². The van der Waals surface area contributed by atoms with Crippen LogP contribution in [0.1, 0.15) is 62.7 Å². The van der Waals surface area contributed by atoms with Gasteiger partial charge in [0.15, 0.2) is 6.10 Å². The number of aryl methyl sites for hydroxylation is 1. The summed E-state index contributed by atoms with van der Waals surface area (Å²) in [5.74, 6) is -2.31. The number of rotatable bonds is 11. The molecule has 0 bridgehead atoms. The lowest BCUT2D eigenvalue weighted by atomic mass is 10.1. The third-order valence-electron chi connectivity index (χ3n) is 7.53. The summed E-state index contributed by atoms with van der Waals surface area (Å²) < 4.78 is 22.0. The molecule has 3 amide bonds. The van der Waals surface area contributed by atoms with E-state index in [4.69, 9.17) is 18.9 Å². The minimum atomic E-state index is -1.29. The molecule has 13 heteroatoms. The van der Waals surface area contributed by atoms with Crippen molar-refractivity contribution in [3.8, 4) is 5.75 Å². The number of hydrogen-bond acceptors (Lipinski definition) is 10. The number of carbonyl (C=O) groups excluding carboxylic acids is 5. The molecule has 1 aliphatic heterocycles. The van der Waals surface area contributed by atoms with Gasteiger partial charge in [-0.15, -0.1) is 0 Å². The van der Waals surface area contributed by atoms with E-state index in [1.54, 1.807) is 46.8 Å². The first kappa shape index (κ1) is 36.6. The van der Waals surface area contributed by atoms with Crippen LogP contribution in [0.25, 0.3) is 10.9 Å². The van der Waals surface area contributed by atoms with E-state index in [9.17, 15) is 24.0 Å². The number of hydrogen-bond donors (Lipinski definition) is 1. The van der Waals surface area contributed by atoms with E-state index in [1.165, 1.54) is 15.9 Å². The lowest BCUT2D eigenvalue weighted by molar-refractivity contribution is -0.157. The number of nitrogens with zero attached hydrogens (tertiary/aromatic N) is 3. The Morgan fingerprint density at radius 3 is 2.24 bits per heavy atom. The van der Waals surface area contributed by atoms with Crippen molar-refractivity contribution in [2.45, 2.75) is 72.3 Å². The van der Waals surface area contributed by atoms with Gasteiger partial charge in [-0.3, -0.25) is 14.4 Å². The van der Waals surface area contributed by atoms with Gasteiger partial charge in [0.05, 0.1) is 18.5 Å². The van der Waals surface area contributed by atoms with Gasteiger partial charge in [-0.05, 0) is 64.8 Å². The summed E-state index contributed by atoms with van der Waals surface area (Å²) in [6, 6.07) is 14.7. The van der Waals surface area contributed by atoms with Crippen molar-refractivity contribution in [2.75, 3.05) is 32.8 Å². The van der Waals surface area contributed by atoms with Crippen LogP contribution in [0.2, 0.25) is 0 Å². The zero-order valence-corrected chi connectivity index (χ0v) is 28.8. The highest BCUT2D eigenvalue weighted by Gasteiger charge is 2.34. The van der Waals surface area contributed by atoms with Crippen molar-refractivity contribution in [1.82, 2.24) is 20.1 Å². The Morgan fingerprint density at radius 1 is 0.918 bits per heavy atom. The Morgan fingerprint density at radius 2 is 1.59 bits per heavy atom. The molecule has 262 valence electrons. The van der Waals surface area contributed by atoms with Crippen LogP contribution in [0.5, 0.6) is 5.75 Å². The Balaban J connectivity index is 1.55. The number of benzene rings is 2. The molecular weight excluding hydrogens is 632 g/mol. The minimum absolute atomic E-state index is 0.0717. The summed E-state index contributed by atoms with van der Waals surface area (Å²) in [4.78, 5) is 72.9. The number of nitrogens with one attached hydrogen (secondary N) is 1. The fraction of sp³-hybridized carbons (Fsp3) is 0.444. The molecule has 1 unspecified atom stereocenters. The fourth-order valence-electron chi connectivity index (χ4n) is 5.13. The molecule has 0 radical (unpaired) electrons. The monoisotopic (exact) mass is 676 g/mol. The van der Waals surface area contributed by atoms with Crippen LogP contribution < -0.4 is 10.1 Å². The highest BCUT2D eigenvalue weighted by atomic mass is 16.6.